The number of hydrogen-bond acceptors (Lipinski definition) is 4. The molecule has 1 saturated heterocycles. The van der Waals surface area contributed by atoms with E-state index in [0.29, 0.717) is 5.25 Å². The van der Waals surface area contributed by atoms with Crippen LogP contribution >= 0.6 is 23.1 Å². The van der Waals surface area contributed by atoms with Crippen molar-refractivity contribution in [2.45, 2.75) is 43.9 Å². The predicted octanol–water partition coefficient (Wildman–Crippen LogP) is 3.30. The van der Waals surface area contributed by atoms with Gasteiger partial charge >= 0.3 is 0 Å². The third-order valence-electron chi connectivity index (χ3n) is 3.05. The standard InChI is InChI=1S/C11H18N2S2/c1-3-11(2,12)9-7-15-10(13-9)8-5-4-6-14-8/h7-8H,3-6,12H2,1-2H3. The van der Waals surface area contributed by atoms with Crippen molar-refractivity contribution in [2.75, 3.05) is 5.75 Å². The van der Waals surface area contributed by atoms with Crippen molar-refractivity contribution < 1.29 is 0 Å². The molecule has 0 aliphatic carbocycles. The minimum Gasteiger partial charge on any atom is -0.320 e. The van der Waals surface area contributed by atoms with Crippen LogP contribution in [0.4, 0.5) is 0 Å². The minimum atomic E-state index is -0.252. The van der Waals surface area contributed by atoms with E-state index in [1.165, 1.54) is 23.6 Å². The molecule has 2 atom stereocenters. The highest BCUT2D eigenvalue weighted by atomic mass is 32.2. The number of nitrogens with two attached hydrogens (primary N) is 1. The van der Waals surface area contributed by atoms with Gasteiger partial charge in [0, 0.05) is 5.38 Å². The second-order valence-corrected chi connectivity index (χ2v) is 6.54. The summed E-state index contributed by atoms with van der Waals surface area (Å²) >= 11 is 3.81. The zero-order valence-electron chi connectivity index (χ0n) is 9.32. The van der Waals surface area contributed by atoms with Gasteiger partial charge in [0.05, 0.1) is 16.5 Å². The van der Waals surface area contributed by atoms with Gasteiger partial charge in [-0.3, -0.25) is 0 Å². The van der Waals surface area contributed by atoms with Crippen LogP contribution in [0, 0.1) is 0 Å². The molecule has 15 heavy (non-hydrogen) atoms. The van der Waals surface area contributed by atoms with E-state index in [9.17, 15) is 0 Å². The fraction of sp³-hybridized carbons (Fsp3) is 0.727. The van der Waals surface area contributed by atoms with E-state index in [-0.39, 0.29) is 5.54 Å². The summed E-state index contributed by atoms with van der Waals surface area (Å²) in [5.41, 5.74) is 7.00. The van der Waals surface area contributed by atoms with E-state index < -0.39 is 0 Å². The molecule has 0 bridgehead atoms. The Balaban J connectivity index is 2.16. The van der Waals surface area contributed by atoms with Gasteiger partial charge in [-0.05, 0) is 31.9 Å². The smallest absolute Gasteiger partial charge is 0.106 e. The van der Waals surface area contributed by atoms with Gasteiger partial charge in [-0.2, -0.15) is 11.8 Å². The molecule has 1 aromatic rings. The van der Waals surface area contributed by atoms with Crippen LogP contribution in [0.2, 0.25) is 0 Å². The van der Waals surface area contributed by atoms with Crippen LogP contribution < -0.4 is 5.73 Å². The van der Waals surface area contributed by atoms with Gasteiger partial charge in [0.15, 0.2) is 0 Å². The molecular weight excluding hydrogens is 224 g/mol. The van der Waals surface area contributed by atoms with Crippen molar-refractivity contribution in [1.82, 2.24) is 4.98 Å². The monoisotopic (exact) mass is 242 g/mol. The summed E-state index contributed by atoms with van der Waals surface area (Å²) in [7, 11) is 0. The molecule has 84 valence electrons. The highest BCUT2D eigenvalue weighted by Gasteiger charge is 2.25. The molecule has 1 aromatic heterocycles. The van der Waals surface area contributed by atoms with Gasteiger partial charge in [0.2, 0.25) is 0 Å². The molecule has 2 unspecified atom stereocenters. The van der Waals surface area contributed by atoms with Crippen LogP contribution in [0.25, 0.3) is 0 Å². The van der Waals surface area contributed by atoms with Crippen molar-refractivity contribution in [3.63, 3.8) is 0 Å². The fourth-order valence-electron chi connectivity index (χ4n) is 1.65. The topological polar surface area (TPSA) is 38.9 Å². The van der Waals surface area contributed by atoms with Crippen LogP contribution in [-0.4, -0.2) is 10.7 Å². The summed E-state index contributed by atoms with van der Waals surface area (Å²) in [4.78, 5) is 4.71. The van der Waals surface area contributed by atoms with Gasteiger partial charge < -0.3 is 5.73 Å². The van der Waals surface area contributed by atoms with Crippen LogP contribution in [0.1, 0.15) is 49.1 Å². The molecule has 2 heterocycles. The Morgan fingerprint density at radius 2 is 2.47 bits per heavy atom. The van der Waals surface area contributed by atoms with Crippen molar-refractivity contribution in [1.29, 1.82) is 0 Å². The van der Waals surface area contributed by atoms with Gasteiger partial charge in [0.1, 0.15) is 5.01 Å². The van der Waals surface area contributed by atoms with Gasteiger partial charge in [-0.15, -0.1) is 11.3 Å². The Hall–Kier alpha value is -0.0600. The summed E-state index contributed by atoms with van der Waals surface area (Å²) in [6.45, 7) is 4.18. The SMILES string of the molecule is CCC(C)(N)c1csc(C2CCCS2)n1. The number of aromatic nitrogens is 1. The fourth-order valence-corrected chi connectivity index (χ4v) is 4.14. The quantitative estimate of drug-likeness (QED) is 0.884. The average molecular weight is 242 g/mol. The van der Waals surface area contributed by atoms with E-state index in [1.807, 2.05) is 11.8 Å². The molecule has 2 N–H and O–H groups in total. The highest BCUT2D eigenvalue weighted by Crippen LogP contribution is 2.41. The number of thiazole rings is 1. The third kappa shape index (κ3) is 2.37. The molecule has 4 heteroatoms. The molecule has 0 amide bonds. The Labute approximate surface area is 99.7 Å². The Bertz CT molecular complexity index is 327. The van der Waals surface area contributed by atoms with Crippen LogP contribution in [0.3, 0.4) is 0 Å². The van der Waals surface area contributed by atoms with Gasteiger partial charge in [0.25, 0.3) is 0 Å². The molecule has 0 aromatic carbocycles. The molecule has 1 aliphatic rings. The first-order valence-electron chi connectivity index (χ1n) is 5.50. The zero-order chi connectivity index (χ0) is 10.9. The number of thioether (sulfide) groups is 1. The Morgan fingerprint density at radius 3 is 3.07 bits per heavy atom. The summed E-state index contributed by atoms with van der Waals surface area (Å²) in [5.74, 6) is 1.28. The van der Waals surface area contributed by atoms with Gasteiger partial charge in [-0.25, -0.2) is 4.98 Å². The maximum atomic E-state index is 6.19. The second-order valence-electron chi connectivity index (χ2n) is 4.34. The summed E-state index contributed by atoms with van der Waals surface area (Å²) in [5, 5.41) is 4.05. The van der Waals surface area contributed by atoms with Crippen LogP contribution in [0.15, 0.2) is 5.38 Å². The second kappa shape index (κ2) is 4.44. The predicted molar refractivity (Wildman–Crippen MR) is 68.4 cm³/mol. The lowest BCUT2D eigenvalue weighted by Gasteiger charge is -2.19. The lowest BCUT2D eigenvalue weighted by Crippen LogP contribution is -2.32. The van der Waals surface area contributed by atoms with E-state index in [1.54, 1.807) is 11.3 Å². The van der Waals surface area contributed by atoms with Crippen molar-refractivity contribution in [3.05, 3.63) is 16.1 Å². The first kappa shape index (κ1) is 11.4. The highest BCUT2D eigenvalue weighted by molar-refractivity contribution is 7.99. The maximum absolute atomic E-state index is 6.19. The molecule has 0 radical (unpaired) electrons. The molecule has 2 nitrogen and oxygen atoms in total. The third-order valence-corrected chi connectivity index (χ3v) is 5.54. The number of rotatable bonds is 3. The lowest BCUT2D eigenvalue weighted by molar-refractivity contribution is 0.463. The summed E-state index contributed by atoms with van der Waals surface area (Å²) in [6, 6.07) is 0. The van der Waals surface area contributed by atoms with E-state index >= 15 is 0 Å². The van der Waals surface area contributed by atoms with Crippen molar-refractivity contribution in [2.24, 2.45) is 5.73 Å². The van der Waals surface area contributed by atoms with Crippen LogP contribution in [-0.2, 0) is 5.54 Å². The van der Waals surface area contributed by atoms with Gasteiger partial charge in [-0.1, -0.05) is 6.92 Å². The molecule has 2 rings (SSSR count). The summed E-state index contributed by atoms with van der Waals surface area (Å²) < 4.78 is 0. The molecule has 0 saturated carbocycles. The molecular formula is C11H18N2S2. The number of nitrogens with zero attached hydrogens (tertiary/aromatic N) is 1. The first-order chi connectivity index (χ1) is 7.13. The van der Waals surface area contributed by atoms with E-state index in [4.69, 9.17) is 10.7 Å². The zero-order valence-corrected chi connectivity index (χ0v) is 11.0. The Morgan fingerprint density at radius 1 is 1.67 bits per heavy atom. The first-order valence-corrected chi connectivity index (χ1v) is 7.42. The van der Waals surface area contributed by atoms with Crippen molar-refractivity contribution in [3.8, 4) is 0 Å². The number of hydrogen-bond donors (Lipinski definition) is 1. The normalized spacial score (nSPS) is 25.4. The maximum Gasteiger partial charge on any atom is 0.106 e. The molecule has 0 spiro atoms. The summed E-state index contributed by atoms with van der Waals surface area (Å²) in [6.07, 6.45) is 3.55. The Kier molecular flexibility index (Phi) is 3.38. The molecule has 1 aliphatic heterocycles. The lowest BCUT2D eigenvalue weighted by atomic mass is 9.97. The van der Waals surface area contributed by atoms with E-state index in [2.05, 4.69) is 19.2 Å². The average Bonchev–Trinajstić information content (AvgIpc) is 2.88. The largest absolute Gasteiger partial charge is 0.320 e. The van der Waals surface area contributed by atoms with E-state index in [0.717, 1.165) is 12.1 Å². The van der Waals surface area contributed by atoms with Crippen molar-refractivity contribution >= 4 is 23.1 Å². The van der Waals surface area contributed by atoms with Crippen LogP contribution in [0.5, 0.6) is 0 Å². The minimum absolute atomic E-state index is 0.252. The molecule has 1 fully saturated rings.